The topological polar surface area (TPSA) is 107 Å². The van der Waals surface area contributed by atoms with Crippen molar-refractivity contribution in [1.82, 2.24) is 19.9 Å². The number of anilines is 2. The van der Waals surface area contributed by atoms with Crippen molar-refractivity contribution in [2.75, 3.05) is 27.5 Å². The summed E-state index contributed by atoms with van der Waals surface area (Å²) < 4.78 is 36.3. The summed E-state index contributed by atoms with van der Waals surface area (Å²) in [6.07, 6.45) is -3.13. The molecule has 2 rings (SSSR count). The molecule has 0 aromatic carbocycles. The van der Waals surface area contributed by atoms with Crippen LogP contribution < -0.4 is 11.1 Å². The number of nitrogens with one attached hydrogen (secondary N) is 1. The fourth-order valence-electron chi connectivity index (χ4n) is 1.59. The number of nitrogens with two attached hydrogens (primary N) is 1. The molecule has 2 aromatic heterocycles. The fraction of sp³-hybridized carbons (Fsp3) is 0.471. The molecule has 2 heterocycles. The third kappa shape index (κ3) is 19.7. The summed E-state index contributed by atoms with van der Waals surface area (Å²) in [4.78, 5) is 27.9. The first-order valence-electron chi connectivity index (χ1n) is 9.64. The number of hydrogen-bond donors (Lipinski definition) is 2. The maximum absolute atomic E-state index is 12.1. The Kier molecular flexibility index (Phi) is 26.9. The predicted octanol–water partition coefficient (Wildman–Crippen LogP) is 10.4. The fourth-order valence-corrected chi connectivity index (χ4v) is 4.06. The molecule has 38 heavy (non-hydrogen) atoms. The van der Waals surface area contributed by atoms with E-state index < -0.39 is 17.8 Å². The van der Waals surface area contributed by atoms with Gasteiger partial charge in [-0.05, 0) is 17.8 Å². The molecule has 0 saturated heterocycles. The number of aromatic nitrogens is 4. The van der Waals surface area contributed by atoms with Gasteiger partial charge in [0.15, 0.2) is 30.9 Å². The van der Waals surface area contributed by atoms with Crippen molar-refractivity contribution in [1.29, 1.82) is 0 Å². The number of carbonyl (C=O) groups excluding carboxylic acids is 1. The third-order valence-corrected chi connectivity index (χ3v) is 6.23. The molecule has 0 atom stereocenters. The third-order valence-electron chi connectivity index (χ3n) is 3.00. The Balaban J connectivity index is 0. The van der Waals surface area contributed by atoms with E-state index in [4.69, 9.17) is 52.1 Å². The second-order valence-electron chi connectivity index (χ2n) is 5.80. The van der Waals surface area contributed by atoms with Crippen molar-refractivity contribution in [2.45, 2.75) is 43.2 Å². The summed E-state index contributed by atoms with van der Waals surface area (Å²) in [7, 11) is 0. The molecule has 0 bridgehead atoms. The van der Waals surface area contributed by atoms with E-state index in [9.17, 15) is 18.0 Å². The van der Waals surface area contributed by atoms with Gasteiger partial charge in [0.05, 0.1) is 0 Å². The van der Waals surface area contributed by atoms with Gasteiger partial charge in [-0.3, -0.25) is 4.79 Å². The van der Waals surface area contributed by atoms with Gasteiger partial charge in [-0.25, -0.2) is 19.9 Å². The molecule has 2 aromatic rings. The zero-order valence-electron chi connectivity index (χ0n) is 19.5. The first-order chi connectivity index (χ1) is 17.6. The average molecular weight is 1150 g/mol. The zero-order valence-corrected chi connectivity index (χ0v) is 34.2. The van der Waals surface area contributed by atoms with Crippen LogP contribution >= 0.6 is 152 Å². The molecule has 0 aliphatic carbocycles. The molecule has 21 heteroatoms. The Hall–Kier alpha value is 2.58. The summed E-state index contributed by atoms with van der Waals surface area (Å²) in [5.74, 6) is -0.536. The van der Waals surface area contributed by atoms with Crippen LogP contribution in [0.25, 0.3) is 0 Å². The quantitative estimate of drug-likeness (QED) is 0.0929. The van der Waals surface area contributed by atoms with Crippen LogP contribution in [0.1, 0.15) is 26.7 Å². The number of hydrogen-bond acceptors (Lipinski definition) is 8. The molecule has 0 aliphatic rings. The number of alkyl halides is 4. The van der Waals surface area contributed by atoms with Gasteiger partial charge in [0.2, 0.25) is 0 Å². The monoisotopic (exact) mass is 1140 g/mol. The Morgan fingerprint density at radius 3 is 1.47 bits per heavy atom. The van der Waals surface area contributed by atoms with Gasteiger partial charge in [0, 0.05) is 11.5 Å². The Labute approximate surface area is 299 Å². The van der Waals surface area contributed by atoms with E-state index in [0.717, 1.165) is 18.6 Å². The van der Waals surface area contributed by atoms with Crippen molar-refractivity contribution < 1.29 is 22.9 Å². The number of amides is 1. The van der Waals surface area contributed by atoms with Gasteiger partial charge < -0.3 is 11.1 Å². The molecule has 0 radical (unpaired) electrons. The van der Waals surface area contributed by atoms with Crippen molar-refractivity contribution in [3.05, 3.63) is 20.6 Å². The van der Waals surface area contributed by atoms with Gasteiger partial charge in [0.1, 0.15) is 11.4 Å². The standard InChI is InChI=1S/C9H8Cl2F3N3OS.C7H9Cl2N3S.CH3I.3HI.V/c1-2-3-19-8-16-5(10)4(6(11)17-8)15-7(18)9(12,13)14;1-2-3-13-7-11-5(8)4(10)6(9)12-7;1-2;;;;/h2-3H2,1H3,(H,15,18);2-3,10H2,1H3;1H3;3*1H;/q;;;;;;+3/p-3. The molecule has 0 unspecified atom stereocenters. The minimum atomic E-state index is -5.04. The molecular formula is C17H20Cl4F3I4N6OS2V. The van der Waals surface area contributed by atoms with Gasteiger partial charge in [-0.15, -0.1) is 0 Å². The van der Waals surface area contributed by atoms with Crippen LogP contribution in [-0.2, 0) is 9.72 Å². The molecule has 0 saturated carbocycles. The van der Waals surface area contributed by atoms with Gasteiger partial charge in [-0.2, -0.15) is 13.2 Å². The van der Waals surface area contributed by atoms with Crippen LogP contribution in [0.5, 0.6) is 0 Å². The molecule has 0 aliphatic heterocycles. The SMILES string of the molecule is CCCSc1nc(Cl)c(N)c(Cl)n1.CCCSc1nc(Cl)c(NC(=O)C(F)(F)F)c(Cl)n1.CI.[I][V]([I])[I]. The molecule has 7 nitrogen and oxygen atoms in total. The van der Waals surface area contributed by atoms with E-state index in [2.05, 4.69) is 109 Å². The Bertz CT molecular complexity index is 960. The number of nitrogen functional groups attached to an aromatic ring is 1. The van der Waals surface area contributed by atoms with E-state index in [1.807, 2.05) is 11.9 Å². The van der Waals surface area contributed by atoms with Crippen LogP contribution in [0.2, 0.25) is 20.6 Å². The average Bonchev–Trinajstić information content (AvgIpc) is 2.82. The summed E-state index contributed by atoms with van der Waals surface area (Å²) in [5, 5.41) is 2.12. The van der Waals surface area contributed by atoms with Crippen molar-refractivity contribution in [3.63, 3.8) is 0 Å². The van der Waals surface area contributed by atoms with Crippen LogP contribution in [0.15, 0.2) is 10.3 Å². The van der Waals surface area contributed by atoms with E-state index in [0.29, 0.717) is 10.9 Å². The number of thioether (sulfide) groups is 2. The van der Waals surface area contributed by atoms with Gasteiger partial charge in [-0.1, -0.05) is 106 Å². The van der Waals surface area contributed by atoms with Crippen LogP contribution in [-0.4, -0.2) is 48.5 Å². The molecule has 0 fully saturated rings. The Morgan fingerprint density at radius 1 is 0.868 bits per heavy atom. The molecule has 3 N–H and O–H groups in total. The Morgan fingerprint density at radius 2 is 1.18 bits per heavy atom. The normalized spacial score (nSPS) is 10.4. The van der Waals surface area contributed by atoms with Crippen molar-refractivity contribution in [2.24, 2.45) is 0 Å². The van der Waals surface area contributed by atoms with E-state index in [1.165, 1.54) is 28.8 Å². The predicted molar refractivity (Wildman–Crippen MR) is 187 cm³/mol. The van der Waals surface area contributed by atoms with Gasteiger partial charge >= 0.3 is 76.9 Å². The maximum atomic E-state index is 12.1. The second kappa shape index (κ2) is 24.0. The molecule has 218 valence electrons. The molecular weight excluding hydrogens is 1130 g/mol. The summed E-state index contributed by atoms with van der Waals surface area (Å²) >= 11 is 35.1. The number of nitrogens with zero attached hydrogens (tertiary/aromatic N) is 4. The number of halogens is 11. The summed E-state index contributed by atoms with van der Waals surface area (Å²) in [6.45, 7) is 4.02. The van der Waals surface area contributed by atoms with E-state index in [-0.39, 0.29) is 36.4 Å². The van der Waals surface area contributed by atoms with Crippen LogP contribution in [0.4, 0.5) is 24.5 Å². The summed E-state index contributed by atoms with van der Waals surface area (Å²) in [5.41, 5.74) is 5.27. The van der Waals surface area contributed by atoms with Crippen molar-refractivity contribution in [3.8, 4) is 0 Å². The second-order valence-corrected chi connectivity index (χ2v) is 44.7. The molecule has 1 amide bonds. The first-order valence-corrected chi connectivity index (χ1v) is 28.8. The van der Waals surface area contributed by atoms with E-state index >= 15 is 0 Å². The molecule has 0 spiro atoms. The van der Waals surface area contributed by atoms with Crippen molar-refractivity contribution >= 4 is 170 Å². The van der Waals surface area contributed by atoms with E-state index in [1.54, 1.807) is 0 Å². The minimum absolute atomic E-state index is 0.221. The van der Waals surface area contributed by atoms with Crippen LogP contribution in [0, 0.1) is 0 Å². The van der Waals surface area contributed by atoms with Gasteiger partial charge in [0.25, 0.3) is 0 Å². The zero-order chi connectivity index (χ0) is 30.1. The van der Waals surface area contributed by atoms with Crippen LogP contribution in [0.3, 0.4) is 0 Å². The number of carbonyl (C=O) groups is 1. The first kappa shape index (κ1) is 42.7. The summed E-state index contributed by atoms with van der Waals surface area (Å²) in [6, 6.07) is 0. The number of rotatable bonds is 7.